The van der Waals surface area contributed by atoms with Gasteiger partial charge in [0, 0.05) is 0 Å². The lowest BCUT2D eigenvalue weighted by molar-refractivity contribution is 0.558. The van der Waals surface area contributed by atoms with Gasteiger partial charge in [-0.05, 0) is 22.3 Å². The smallest absolute Gasteiger partial charge is 0.211 e. The molecule has 0 aromatic rings. The van der Waals surface area contributed by atoms with Crippen LogP contribution in [0.3, 0.4) is 0 Å². The largest absolute Gasteiger partial charge is 0.235 e. The zero-order valence-electron chi connectivity index (χ0n) is 8.69. The van der Waals surface area contributed by atoms with E-state index >= 15 is 0 Å². The first-order valence-corrected chi connectivity index (χ1v) is 4.44. The van der Waals surface area contributed by atoms with Crippen LogP contribution in [0.1, 0.15) is 0 Å². The highest BCUT2D eigenvalue weighted by Crippen LogP contribution is 2.36. The molecule has 0 unspecified atom stereocenters. The third kappa shape index (κ3) is 1.75. The van der Waals surface area contributed by atoms with Crippen LogP contribution in [0, 0.1) is 0 Å². The molecule has 1 fully saturated rings. The van der Waals surface area contributed by atoms with E-state index in [0.29, 0.717) is 22.3 Å². The maximum Gasteiger partial charge on any atom is 0.235 e. The minimum atomic E-state index is -0.601. The van der Waals surface area contributed by atoms with E-state index in [-0.39, 0.29) is 0 Å². The van der Waals surface area contributed by atoms with Gasteiger partial charge in [-0.1, -0.05) is 26.3 Å². The van der Waals surface area contributed by atoms with E-state index in [1.807, 2.05) is 0 Å². The second-order valence-corrected chi connectivity index (χ2v) is 3.35. The summed E-state index contributed by atoms with van der Waals surface area (Å²) in [7, 11) is 0. The van der Waals surface area contributed by atoms with Crippen molar-refractivity contribution >= 4 is 12.2 Å². The molecule has 4 heteroatoms. The van der Waals surface area contributed by atoms with Crippen LogP contribution in [0.25, 0.3) is 0 Å². The number of carbonyl (C=O) groups excluding carboxylic acids is 2. The number of hydrogen-bond acceptors (Lipinski definition) is 4. The summed E-state index contributed by atoms with van der Waals surface area (Å²) < 4.78 is 0. The molecular formula is C12H10N2O2. The molecule has 0 aromatic carbocycles. The van der Waals surface area contributed by atoms with Crippen LogP contribution >= 0.6 is 0 Å². The number of nitrogens with zero attached hydrogens (tertiary/aromatic N) is 2. The van der Waals surface area contributed by atoms with Gasteiger partial charge in [-0.2, -0.15) is 9.98 Å². The average molecular weight is 214 g/mol. The lowest BCUT2D eigenvalue weighted by Crippen LogP contribution is -2.28. The summed E-state index contributed by atoms with van der Waals surface area (Å²) in [6.07, 6.45) is 2.90. The predicted octanol–water partition coefficient (Wildman–Crippen LogP) is 1.63. The van der Waals surface area contributed by atoms with E-state index in [2.05, 4.69) is 36.3 Å². The molecule has 4 nitrogen and oxygen atoms in total. The second-order valence-electron chi connectivity index (χ2n) is 3.35. The van der Waals surface area contributed by atoms with Crippen LogP contribution in [-0.4, -0.2) is 24.2 Å². The molecule has 1 saturated carbocycles. The fraction of sp³-hybridized carbons (Fsp3) is 0.167. The quantitative estimate of drug-likeness (QED) is 0.518. The van der Waals surface area contributed by atoms with Crippen LogP contribution in [0.5, 0.6) is 0 Å². The van der Waals surface area contributed by atoms with Crippen molar-refractivity contribution in [2.24, 2.45) is 9.98 Å². The molecule has 16 heavy (non-hydrogen) atoms. The Hall–Kier alpha value is -2.28. The average Bonchev–Trinajstić information content (AvgIpc) is 2.28. The van der Waals surface area contributed by atoms with Crippen molar-refractivity contribution in [3.63, 3.8) is 0 Å². The van der Waals surface area contributed by atoms with Crippen molar-refractivity contribution in [1.29, 1.82) is 0 Å². The van der Waals surface area contributed by atoms with E-state index in [0.717, 1.165) is 0 Å². The Balaban J connectivity index is 3.24. The number of isocyanates is 2. The second kappa shape index (κ2) is 4.49. The SMILES string of the molecule is C=C1C(=C)C(N=C=O)C(=C)C(=C)C1N=C=O. The number of rotatable bonds is 2. The molecule has 1 aliphatic carbocycles. The maximum absolute atomic E-state index is 10.3. The zero-order chi connectivity index (χ0) is 12.3. The molecule has 80 valence electrons. The van der Waals surface area contributed by atoms with E-state index in [4.69, 9.17) is 0 Å². The summed E-state index contributed by atoms with van der Waals surface area (Å²) in [5.74, 6) is 0. The Kier molecular flexibility index (Phi) is 3.31. The van der Waals surface area contributed by atoms with Gasteiger partial charge in [-0.3, -0.25) is 0 Å². The van der Waals surface area contributed by atoms with Gasteiger partial charge >= 0.3 is 0 Å². The predicted molar refractivity (Wildman–Crippen MR) is 60.4 cm³/mol. The van der Waals surface area contributed by atoms with E-state index in [1.54, 1.807) is 0 Å². The first kappa shape index (κ1) is 11.8. The first-order chi connectivity index (χ1) is 7.54. The molecule has 0 aromatic heterocycles. The van der Waals surface area contributed by atoms with Gasteiger partial charge in [-0.15, -0.1) is 0 Å². The summed E-state index contributed by atoms with van der Waals surface area (Å²) in [5.41, 5.74) is 1.96. The highest BCUT2D eigenvalue weighted by atomic mass is 16.1. The van der Waals surface area contributed by atoms with E-state index in [9.17, 15) is 9.59 Å². The molecule has 0 heterocycles. The lowest BCUT2D eigenvalue weighted by atomic mass is 9.78. The summed E-state index contributed by atoms with van der Waals surface area (Å²) >= 11 is 0. The molecule has 0 bridgehead atoms. The first-order valence-electron chi connectivity index (χ1n) is 4.44. The summed E-state index contributed by atoms with van der Waals surface area (Å²) in [6.45, 7) is 15.0. The van der Waals surface area contributed by atoms with Crippen molar-refractivity contribution in [3.05, 3.63) is 48.6 Å². The topological polar surface area (TPSA) is 58.9 Å². The Morgan fingerprint density at radius 1 is 0.750 bits per heavy atom. The Bertz CT molecular complexity index is 415. The molecule has 0 amide bonds. The molecule has 1 aliphatic rings. The van der Waals surface area contributed by atoms with Crippen LogP contribution in [-0.2, 0) is 9.59 Å². The molecule has 1 rings (SSSR count). The zero-order valence-corrected chi connectivity index (χ0v) is 8.69. The normalized spacial score (nSPS) is 24.8. The molecule has 0 N–H and O–H groups in total. The van der Waals surface area contributed by atoms with E-state index < -0.39 is 12.1 Å². The van der Waals surface area contributed by atoms with Gasteiger partial charge in [0.05, 0.1) is 0 Å². The van der Waals surface area contributed by atoms with Crippen LogP contribution in [0.4, 0.5) is 0 Å². The molecule has 0 spiro atoms. The van der Waals surface area contributed by atoms with Crippen molar-refractivity contribution in [2.45, 2.75) is 12.1 Å². The molecule has 0 saturated heterocycles. The molecule has 0 aliphatic heterocycles. The summed E-state index contributed by atoms with van der Waals surface area (Å²) in [4.78, 5) is 27.7. The molecule has 0 radical (unpaired) electrons. The van der Waals surface area contributed by atoms with Gasteiger partial charge in [0.25, 0.3) is 0 Å². The minimum absolute atomic E-state index is 0.491. The van der Waals surface area contributed by atoms with Gasteiger partial charge in [0.2, 0.25) is 12.2 Å². The van der Waals surface area contributed by atoms with Crippen molar-refractivity contribution < 1.29 is 9.59 Å². The highest BCUT2D eigenvalue weighted by molar-refractivity contribution is 5.60. The van der Waals surface area contributed by atoms with Crippen molar-refractivity contribution in [3.8, 4) is 0 Å². The van der Waals surface area contributed by atoms with Crippen LogP contribution in [0.2, 0.25) is 0 Å². The Morgan fingerprint density at radius 3 is 1.19 bits per heavy atom. The number of aliphatic imine (C=N–C) groups is 2. The van der Waals surface area contributed by atoms with Crippen molar-refractivity contribution in [2.75, 3.05) is 0 Å². The van der Waals surface area contributed by atoms with Gasteiger partial charge < -0.3 is 0 Å². The third-order valence-corrected chi connectivity index (χ3v) is 2.51. The summed E-state index contributed by atoms with van der Waals surface area (Å²) in [5, 5.41) is 0. The van der Waals surface area contributed by atoms with Gasteiger partial charge in [-0.25, -0.2) is 9.59 Å². The van der Waals surface area contributed by atoms with Crippen LogP contribution in [0.15, 0.2) is 58.6 Å². The Labute approximate surface area is 93.1 Å². The fourth-order valence-corrected chi connectivity index (χ4v) is 1.54. The summed E-state index contributed by atoms with van der Waals surface area (Å²) in [6, 6.07) is -1.20. The lowest BCUT2D eigenvalue weighted by Gasteiger charge is -2.30. The van der Waals surface area contributed by atoms with Gasteiger partial charge in [0.1, 0.15) is 12.1 Å². The Morgan fingerprint density at radius 2 is 1.00 bits per heavy atom. The highest BCUT2D eigenvalue weighted by Gasteiger charge is 2.33. The maximum atomic E-state index is 10.3. The molecular weight excluding hydrogens is 204 g/mol. The standard InChI is InChI=1S/C12H10N2O2/c1-7-8(2)12(14-6-16)10(4)9(3)11(7)13-5-15/h11-12H,1-4H2. The van der Waals surface area contributed by atoms with E-state index in [1.165, 1.54) is 12.2 Å². The molecule has 0 atom stereocenters. The third-order valence-electron chi connectivity index (χ3n) is 2.51. The monoisotopic (exact) mass is 214 g/mol. The van der Waals surface area contributed by atoms with Crippen molar-refractivity contribution in [1.82, 2.24) is 0 Å². The van der Waals surface area contributed by atoms with Crippen LogP contribution < -0.4 is 0 Å². The number of hydrogen-bond donors (Lipinski definition) is 0. The van der Waals surface area contributed by atoms with Gasteiger partial charge in [0.15, 0.2) is 0 Å². The minimum Gasteiger partial charge on any atom is -0.211 e. The fourth-order valence-electron chi connectivity index (χ4n) is 1.54.